The summed E-state index contributed by atoms with van der Waals surface area (Å²) in [6.45, 7) is 0. The minimum absolute atomic E-state index is 0.705. The first-order valence-electron chi connectivity index (χ1n) is 8.12. The second-order valence-corrected chi connectivity index (χ2v) is 7.43. The maximum Gasteiger partial charge on any atom is 0.0136 e. The number of thiophene rings is 1. The molecule has 1 saturated carbocycles. The SMILES string of the molecule is CNC(CC1CCCCC1)C1CCCc2sccc21. The lowest BCUT2D eigenvalue weighted by Gasteiger charge is -2.34. The first-order valence-corrected chi connectivity index (χ1v) is 9.00. The summed E-state index contributed by atoms with van der Waals surface area (Å²) >= 11 is 1.98. The minimum atomic E-state index is 0.705. The van der Waals surface area contributed by atoms with Crippen LogP contribution in [0.25, 0.3) is 0 Å². The van der Waals surface area contributed by atoms with Crippen LogP contribution in [0.2, 0.25) is 0 Å². The van der Waals surface area contributed by atoms with Gasteiger partial charge in [-0.15, -0.1) is 11.3 Å². The lowest BCUT2D eigenvalue weighted by Crippen LogP contribution is -2.35. The van der Waals surface area contributed by atoms with Gasteiger partial charge in [-0.2, -0.15) is 0 Å². The second-order valence-electron chi connectivity index (χ2n) is 6.43. The van der Waals surface area contributed by atoms with Crippen LogP contribution >= 0.6 is 11.3 Å². The van der Waals surface area contributed by atoms with Gasteiger partial charge in [0, 0.05) is 16.8 Å². The highest BCUT2D eigenvalue weighted by Gasteiger charge is 2.29. The molecule has 1 fully saturated rings. The molecule has 1 N–H and O–H groups in total. The van der Waals surface area contributed by atoms with E-state index in [2.05, 4.69) is 23.8 Å². The van der Waals surface area contributed by atoms with Gasteiger partial charge in [-0.05, 0) is 55.7 Å². The van der Waals surface area contributed by atoms with Gasteiger partial charge in [-0.3, -0.25) is 0 Å². The van der Waals surface area contributed by atoms with E-state index < -0.39 is 0 Å². The predicted octanol–water partition coefficient (Wildman–Crippen LogP) is 4.73. The van der Waals surface area contributed by atoms with Gasteiger partial charge in [0.2, 0.25) is 0 Å². The molecule has 19 heavy (non-hydrogen) atoms. The fourth-order valence-corrected chi connectivity index (χ4v) is 5.20. The molecular formula is C17H27NS. The van der Waals surface area contributed by atoms with Crippen LogP contribution in [0.1, 0.15) is 67.7 Å². The number of nitrogens with one attached hydrogen (secondary N) is 1. The van der Waals surface area contributed by atoms with Crippen LogP contribution in [0.5, 0.6) is 0 Å². The Hall–Kier alpha value is -0.340. The van der Waals surface area contributed by atoms with Crippen molar-refractivity contribution in [2.24, 2.45) is 5.92 Å². The number of aryl methyl sites for hydroxylation is 1. The molecule has 0 saturated heterocycles. The van der Waals surface area contributed by atoms with E-state index in [1.807, 2.05) is 11.3 Å². The van der Waals surface area contributed by atoms with Gasteiger partial charge in [0.05, 0.1) is 0 Å². The normalized spacial score (nSPS) is 26.1. The summed E-state index contributed by atoms with van der Waals surface area (Å²) in [6, 6.07) is 3.10. The van der Waals surface area contributed by atoms with Crippen LogP contribution in [-0.4, -0.2) is 13.1 Å². The fourth-order valence-electron chi connectivity index (χ4n) is 4.21. The fraction of sp³-hybridized carbons (Fsp3) is 0.765. The second kappa shape index (κ2) is 6.41. The van der Waals surface area contributed by atoms with Crippen molar-refractivity contribution >= 4 is 11.3 Å². The highest BCUT2D eigenvalue weighted by atomic mass is 32.1. The van der Waals surface area contributed by atoms with E-state index in [0.717, 1.165) is 11.8 Å². The predicted molar refractivity (Wildman–Crippen MR) is 84.0 cm³/mol. The van der Waals surface area contributed by atoms with Crippen LogP contribution in [0.3, 0.4) is 0 Å². The molecule has 0 radical (unpaired) electrons. The number of hydrogen-bond donors (Lipinski definition) is 1. The third-order valence-electron chi connectivity index (χ3n) is 5.27. The molecule has 0 aromatic carbocycles. The van der Waals surface area contributed by atoms with Gasteiger partial charge in [0.15, 0.2) is 0 Å². The molecule has 0 bridgehead atoms. The van der Waals surface area contributed by atoms with Crippen molar-refractivity contribution < 1.29 is 0 Å². The maximum atomic E-state index is 3.65. The molecule has 2 aliphatic rings. The first-order chi connectivity index (χ1) is 9.38. The van der Waals surface area contributed by atoms with Crippen molar-refractivity contribution in [2.45, 2.75) is 69.7 Å². The maximum absolute atomic E-state index is 3.65. The van der Waals surface area contributed by atoms with Crippen LogP contribution in [0.15, 0.2) is 11.4 Å². The summed E-state index contributed by atoms with van der Waals surface area (Å²) < 4.78 is 0. The summed E-state index contributed by atoms with van der Waals surface area (Å²) in [4.78, 5) is 1.67. The smallest absolute Gasteiger partial charge is 0.0136 e. The zero-order chi connectivity index (χ0) is 13.1. The Labute approximate surface area is 121 Å². The summed E-state index contributed by atoms with van der Waals surface area (Å²) in [5.74, 6) is 1.76. The third-order valence-corrected chi connectivity index (χ3v) is 6.26. The van der Waals surface area contributed by atoms with Crippen LogP contribution in [0, 0.1) is 5.92 Å². The average molecular weight is 277 g/mol. The molecule has 2 unspecified atom stereocenters. The highest BCUT2D eigenvalue weighted by molar-refractivity contribution is 7.10. The molecule has 3 rings (SSSR count). The van der Waals surface area contributed by atoms with Gasteiger partial charge in [-0.25, -0.2) is 0 Å². The van der Waals surface area contributed by atoms with Gasteiger partial charge in [-0.1, -0.05) is 32.1 Å². The molecular weight excluding hydrogens is 250 g/mol. The first kappa shape index (κ1) is 13.6. The Morgan fingerprint density at radius 1 is 1.21 bits per heavy atom. The van der Waals surface area contributed by atoms with Gasteiger partial charge in [0.25, 0.3) is 0 Å². The quantitative estimate of drug-likeness (QED) is 0.839. The molecule has 1 aromatic heterocycles. The number of rotatable bonds is 4. The average Bonchev–Trinajstić information content (AvgIpc) is 2.94. The minimum Gasteiger partial charge on any atom is -0.316 e. The number of hydrogen-bond acceptors (Lipinski definition) is 2. The van der Waals surface area contributed by atoms with E-state index >= 15 is 0 Å². The Kier molecular flexibility index (Phi) is 4.60. The van der Waals surface area contributed by atoms with Crippen molar-refractivity contribution in [1.29, 1.82) is 0 Å². The standard InChI is InChI=1S/C17H27NS/c1-18-16(12-13-6-3-2-4-7-13)14-8-5-9-17-15(14)10-11-19-17/h10-11,13-14,16,18H,2-9,12H2,1H3. The van der Waals surface area contributed by atoms with Crippen molar-refractivity contribution in [3.8, 4) is 0 Å². The topological polar surface area (TPSA) is 12.0 Å². The molecule has 106 valence electrons. The van der Waals surface area contributed by atoms with Crippen LogP contribution in [-0.2, 0) is 6.42 Å². The highest BCUT2D eigenvalue weighted by Crippen LogP contribution is 2.39. The van der Waals surface area contributed by atoms with Crippen molar-refractivity contribution in [3.05, 3.63) is 21.9 Å². The van der Waals surface area contributed by atoms with Crippen LogP contribution in [0.4, 0.5) is 0 Å². The molecule has 0 spiro atoms. The Bertz CT molecular complexity index is 392. The molecule has 2 atom stereocenters. The Morgan fingerprint density at radius 3 is 2.84 bits per heavy atom. The van der Waals surface area contributed by atoms with Crippen molar-refractivity contribution in [3.63, 3.8) is 0 Å². The van der Waals surface area contributed by atoms with Gasteiger partial charge >= 0.3 is 0 Å². The third kappa shape index (κ3) is 3.05. The molecule has 0 aliphatic heterocycles. The summed E-state index contributed by atoms with van der Waals surface area (Å²) in [7, 11) is 2.17. The van der Waals surface area contributed by atoms with E-state index in [0.29, 0.717) is 6.04 Å². The summed E-state index contributed by atoms with van der Waals surface area (Å²) in [5, 5.41) is 5.96. The van der Waals surface area contributed by atoms with E-state index in [1.165, 1.54) is 57.8 Å². The van der Waals surface area contributed by atoms with Gasteiger partial charge < -0.3 is 5.32 Å². The lowest BCUT2D eigenvalue weighted by atomic mass is 9.76. The van der Waals surface area contributed by atoms with Crippen molar-refractivity contribution in [2.75, 3.05) is 7.05 Å². The summed E-state index contributed by atoms with van der Waals surface area (Å²) in [6.07, 6.45) is 12.9. The molecule has 2 aliphatic carbocycles. The van der Waals surface area contributed by atoms with E-state index in [-0.39, 0.29) is 0 Å². The largest absolute Gasteiger partial charge is 0.316 e. The van der Waals surface area contributed by atoms with E-state index in [9.17, 15) is 0 Å². The number of likely N-dealkylation sites (N-methyl/N-ethyl adjacent to an activating group) is 1. The lowest BCUT2D eigenvalue weighted by molar-refractivity contribution is 0.276. The van der Waals surface area contributed by atoms with E-state index in [4.69, 9.17) is 0 Å². The molecule has 1 nitrogen and oxygen atoms in total. The molecule has 0 amide bonds. The Balaban J connectivity index is 1.69. The van der Waals surface area contributed by atoms with E-state index in [1.54, 1.807) is 10.4 Å². The van der Waals surface area contributed by atoms with Crippen LogP contribution < -0.4 is 5.32 Å². The van der Waals surface area contributed by atoms with Crippen molar-refractivity contribution in [1.82, 2.24) is 5.32 Å². The Morgan fingerprint density at radius 2 is 2.05 bits per heavy atom. The zero-order valence-electron chi connectivity index (χ0n) is 12.2. The summed E-state index contributed by atoms with van der Waals surface area (Å²) in [5.41, 5.74) is 1.67. The number of fused-ring (bicyclic) bond motifs is 1. The molecule has 2 heteroatoms. The molecule has 1 heterocycles. The molecule has 1 aromatic rings. The monoisotopic (exact) mass is 277 g/mol. The van der Waals surface area contributed by atoms with Gasteiger partial charge in [0.1, 0.15) is 0 Å². The zero-order valence-corrected chi connectivity index (χ0v) is 13.0.